The van der Waals surface area contributed by atoms with Gasteiger partial charge in [0.1, 0.15) is 29.9 Å². The largest absolute Gasteiger partial charge is 0.354 e. The van der Waals surface area contributed by atoms with Gasteiger partial charge in [0.05, 0.1) is 12.1 Å². The second-order valence-electron chi connectivity index (χ2n) is 7.31. The van der Waals surface area contributed by atoms with Crippen LogP contribution in [0.25, 0.3) is 0 Å². The lowest BCUT2D eigenvalue weighted by molar-refractivity contribution is -0.162. The summed E-state index contributed by atoms with van der Waals surface area (Å²) in [5.74, 6) is -3.67. The molecule has 2 saturated heterocycles. The first-order valence-corrected chi connectivity index (χ1v) is 9.13. The number of halogens is 2. The Labute approximate surface area is 156 Å². The van der Waals surface area contributed by atoms with Gasteiger partial charge in [0.2, 0.25) is 5.91 Å². The Kier molecular flexibility index (Phi) is 5.48. The quantitative estimate of drug-likeness (QED) is 0.793. The van der Waals surface area contributed by atoms with Crippen LogP contribution in [0.2, 0.25) is 0 Å². The summed E-state index contributed by atoms with van der Waals surface area (Å²) in [5.41, 5.74) is -0.290. The minimum absolute atomic E-state index is 0.0929. The maximum Gasteiger partial charge on any atom is 0.257 e. The second-order valence-corrected chi connectivity index (χ2v) is 7.31. The van der Waals surface area contributed by atoms with Gasteiger partial charge in [0.25, 0.3) is 5.91 Å². The Morgan fingerprint density at radius 3 is 2.70 bits per heavy atom. The van der Waals surface area contributed by atoms with Crippen molar-refractivity contribution in [2.45, 2.75) is 57.6 Å². The maximum atomic E-state index is 14.1. The van der Waals surface area contributed by atoms with Crippen molar-refractivity contribution in [3.63, 3.8) is 0 Å². The van der Waals surface area contributed by atoms with Crippen LogP contribution in [-0.2, 0) is 14.3 Å². The fourth-order valence-electron chi connectivity index (χ4n) is 3.57. The van der Waals surface area contributed by atoms with E-state index in [1.54, 1.807) is 13.8 Å². The lowest BCUT2D eigenvalue weighted by atomic mass is 10.1. The lowest BCUT2D eigenvalue weighted by Crippen LogP contribution is -2.51. The molecule has 2 fully saturated rings. The summed E-state index contributed by atoms with van der Waals surface area (Å²) in [6.45, 7) is 6.05. The molecule has 1 aromatic carbocycles. The molecule has 2 aliphatic heterocycles. The molecule has 0 unspecified atom stereocenters. The predicted molar refractivity (Wildman–Crippen MR) is 92.9 cm³/mol. The minimum Gasteiger partial charge on any atom is -0.354 e. The highest BCUT2D eigenvalue weighted by Crippen LogP contribution is 2.37. The van der Waals surface area contributed by atoms with Gasteiger partial charge in [-0.1, -0.05) is 13.3 Å². The van der Waals surface area contributed by atoms with E-state index in [1.165, 1.54) is 4.90 Å². The summed E-state index contributed by atoms with van der Waals surface area (Å²) in [7, 11) is 0. The van der Waals surface area contributed by atoms with E-state index in [0.29, 0.717) is 12.6 Å². The van der Waals surface area contributed by atoms with Crippen molar-refractivity contribution in [3.8, 4) is 0 Å². The third-order valence-electron chi connectivity index (χ3n) is 4.77. The fraction of sp³-hybridized carbons (Fsp3) is 0.579. The molecule has 0 spiro atoms. The zero-order valence-electron chi connectivity index (χ0n) is 15.6. The summed E-state index contributed by atoms with van der Waals surface area (Å²) < 4.78 is 38.9. The third-order valence-corrected chi connectivity index (χ3v) is 4.77. The number of nitrogens with zero attached hydrogens (tertiary/aromatic N) is 1. The van der Waals surface area contributed by atoms with Gasteiger partial charge >= 0.3 is 0 Å². The minimum atomic E-state index is -0.968. The van der Waals surface area contributed by atoms with Crippen molar-refractivity contribution in [3.05, 3.63) is 35.4 Å². The number of unbranched alkanes of at least 4 members (excludes halogenated alkanes) is 1. The van der Waals surface area contributed by atoms with Crippen LogP contribution in [0.4, 0.5) is 8.78 Å². The van der Waals surface area contributed by atoms with Gasteiger partial charge in [-0.2, -0.15) is 0 Å². The molecule has 2 aliphatic rings. The Bertz CT molecular complexity index is 740. The number of carbonyl (C=O) groups is 2. The molecule has 148 valence electrons. The first-order valence-electron chi connectivity index (χ1n) is 9.13. The van der Waals surface area contributed by atoms with Crippen molar-refractivity contribution >= 4 is 11.8 Å². The van der Waals surface area contributed by atoms with Gasteiger partial charge in [0.15, 0.2) is 5.79 Å². The Morgan fingerprint density at radius 2 is 2.04 bits per heavy atom. The molecule has 1 aromatic rings. The van der Waals surface area contributed by atoms with Gasteiger partial charge in [-0.15, -0.1) is 0 Å². The van der Waals surface area contributed by atoms with Crippen LogP contribution < -0.4 is 5.32 Å². The van der Waals surface area contributed by atoms with Crippen LogP contribution in [0, 0.1) is 11.6 Å². The van der Waals surface area contributed by atoms with E-state index in [4.69, 9.17) is 9.47 Å². The molecule has 0 bridgehead atoms. The van der Waals surface area contributed by atoms with Crippen LogP contribution in [0.1, 0.15) is 44.0 Å². The molecule has 1 N–H and O–H groups in total. The van der Waals surface area contributed by atoms with Crippen molar-refractivity contribution in [2.75, 3.05) is 13.1 Å². The van der Waals surface area contributed by atoms with Crippen molar-refractivity contribution in [1.29, 1.82) is 0 Å². The molecular formula is C19H24F2N2O4. The first-order chi connectivity index (χ1) is 12.7. The summed E-state index contributed by atoms with van der Waals surface area (Å²) in [5, 5.41) is 2.80. The molecule has 0 saturated carbocycles. The van der Waals surface area contributed by atoms with Gasteiger partial charge in [0, 0.05) is 12.6 Å². The number of ether oxygens (including phenoxy) is 2. The van der Waals surface area contributed by atoms with E-state index >= 15 is 0 Å². The van der Waals surface area contributed by atoms with Crippen LogP contribution in [-0.4, -0.2) is 53.8 Å². The Hall–Kier alpha value is -2.06. The first kappa shape index (κ1) is 19.7. The highest BCUT2D eigenvalue weighted by molar-refractivity contribution is 5.98. The van der Waals surface area contributed by atoms with Crippen molar-refractivity contribution in [1.82, 2.24) is 10.2 Å². The SMILES string of the molecule is CCCCNC(=O)[C@@H]1[C@H]2OC(C)(C)O[C@H]2CN1C(=O)c1ccc(F)cc1F. The monoisotopic (exact) mass is 382 g/mol. The summed E-state index contributed by atoms with van der Waals surface area (Å²) in [6, 6.07) is 1.81. The molecule has 6 nitrogen and oxygen atoms in total. The summed E-state index contributed by atoms with van der Waals surface area (Å²) in [6.07, 6.45) is 0.576. The van der Waals surface area contributed by atoms with E-state index in [1.807, 2.05) is 6.92 Å². The second kappa shape index (κ2) is 7.52. The van der Waals surface area contributed by atoms with Gasteiger partial charge < -0.3 is 19.7 Å². The molecule has 0 aliphatic carbocycles. The smallest absolute Gasteiger partial charge is 0.257 e. The zero-order chi connectivity index (χ0) is 19.8. The topological polar surface area (TPSA) is 67.9 Å². The number of nitrogens with one attached hydrogen (secondary N) is 1. The number of benzene rings is 1. The van der Waals surface area contributed by atoms with Gasteiger partial charge in [-0.25, -0.2) is 8.78 Å². The average Bonchev–Trinajstić information content (AvgIpc) is 3.06. The summed E-state index contributed by atoms with van der Waals surface area (Å²) in [4.78, 5) is 26.9. The predicted octanol–water partition coefficient (Wildman–Crippen LogP) is 2.23. The number of amides is 2. The van der Waals surface area contributed by atoms with Gasteiger partial charge in [-0.05, 0) is 32.4 Å². The maximum absolute atomic E-state index is 14.1. The fourth-order valence-corrected chi connectivity index (χ4v) is 3.57. The van der Waals surface area contributed by atoms with Crippen molar-refractivity contribution in [2.24, 2.45) is 0 Å². The number of hydrogen-bond acceptors (Lipinski definition) is 4. The van der Waals surface area contributed by atoms with E-state index < -0.39 is 41.6 Å². The standard InChI is InChI=1S/C19H24F2N2O4/c1-4-5-8-22-17(24)15-16-14(26-19(2,3)27-16)10-23(15)18(25)12-7-6-11(20)9-13(12)21/h6-7,9,14-16H,4-5,8,10H2,1-3H3,(H,22,24)/t14-,15-,16-/m0/s1. The average molecular weight is 382 g/mol. The Balaban J connectivity index is 1.86. The number of rotatable bonds is 5. The molecule has 2 heterocycles. The number of hydrogen-bond donors (Lipinski definition) is 1. The Morgan fingerprint density at radius 1 is 1.30 bits per heavy atom. The molecule has 0 aromatic heterocycles. The van der Waals surface area contributed by atoms with Crippen LogP contribution in [0.3, 0.4) is 0 Å². The normalized spacial score (nSPS) is 26.1. The van der Waals surface area contributed by atoms with E-state index in [0.717, 1.165) is 25.0 Å². The highest BCUT2D eigenvalue weighted by atomic mass is 19.1. The van der Waals surface area contributed by atoms with Crippen LogP contribution in [0.15, 0.2) is 18.2 Å². The summed E-state index contributed by atoms with van der Waals surface area (Å²) >= 11 is 0. The molecule has 3 atom stereocenters. The lowest BCUT2D eigenvalue weighted by Gasteiger charge is -2.29. The van der Waals surface area contributed by atoms with Gasteiger partial charge in [-0.3, -0.25) is 9.59 Å². The number of carbonyl (C=O) groups excluding carboxylic acids is 2. The third kappa shape index (κ3) is 3.96. The highest BCUT2D eigenvalue weighted by Gasteiger charge is 2.56. The molecule has 8 heteroatoms. The molecule has 3 rings (SSSR count). The van der Waals surface area contributed by atoms with E-state index in [2.05, 4.69) is 5.32 Å². The molecule has 27 heavy (non-hydrogen) atoms. The molecule has 2 amide bonds. The van der Waals surface area contributed by atoms with Crippen LogP contribution >= 0.6 is 0 Å². The van der Waals surface area contributed by atoms with Crippen molar-refractivity contribution < 1.29 is 27.8 Å². The van der Waals surface area contributed by atoms with Crippen LogP contribution in [0.5, 0.6) is 0 Å². The molecular weight excluding hydrogens is 358 g/mol. The molecule has 0 radical (unpaired) electrons. The van der Waals surface area contributed by atoms with E-state index in [9.17, 15) is 18.4 Å². The number of likely N-dealkylation sites (tertiary alicyclic amines) is 1. The number of fused-ring (bicyclic) bond motifs is 1. The zero-order valence-corrected chi connectivity index (χ0v) is 15.6. The van der Waals surface area contributed by atoms with E-state index in [-0.39, 0.29) is 18.0 Å².